The molecule has 0 amide bonds. The van der Waals surface area contributed by atoms with E-state index < -0.39 is 4.92 Å². The van der Waals surface area contributed by atoms with Crippen molar-refractivity contribution in [3.8, 4) is 11.4 Å². The van der Waals surface area contributed by atoms with Crippen molar-refractivity contribution in [3.63, 3.8) is 0 Å². The lowest BCUT2D eigenvalue weighted by Gasteiger charge is -1.98. The van der Waals surface area contributed by atoms with Gasteiger partial charge >= 0.3 is 0 Å². The molecule has 100 valence electrons. The van der Waals surface area contributed by atoms with Gasteiger partial charge < -0.3 is 9.84 Å². The molecule has 0 unspecified atom stereocenters. The Morgan fingerprint density at radius 1 is 1.53 bits per heavy atom. The van der Waals surface area contributed by atoms with Gasteiger partial charge in [-0.2, -0.15) is 4.98 Å². The summed E-state index contributed by atoms with van der Waals surface area (Å²) in [5, 5.41) is 17.6. The summed E-state index contributed by atoms with van der Waals surface area (Å²) in [6.07, 6.45) is 0. The van der Waals surface area contributed by atoms with Crippen molar-refractivity contribution in [2.45, 2.75) is 13.5 Å². The number of nitrogens with zero attached hydrogens (tertiary/aromatic N) is 3. The number of nitro groups is 1. The number of aromatic nitrogens is 2. The number of halogens is 1. The molecule has 1 N–H and O–H groups in total. The van der Waals surface area contributed by atoms with Gasteiger partial charge in [-0.15, -0.1) is 0 Å². The molecule has 0 aliphatic rings. The van der Waals surface area contributed by atoms with Crippen LogP contribution in [-0.4, -0.2) is 21.6 Å². The van der Waals surface area contributed by atoms with E-state index in [1.54, 1.807) is 6.07 Å². The van der Waals surface area contributed by atoms with Crippen LogP contribution in [0.5, 0.6) is 0 Å². The van der Waals surface area contributed by atoms with E-state index in [-0.39, 0.29) is 5.69 Å². The van der Waals surface area contributed by atoms with Crippen molar-refractivity contribution in [1.82, 2.24) is 15.5 Å². The van der Waals surface area contributed by atoms with Crippen LogP contribution in [0.15, 0.2) is 27.2 Å². The van der Waals surface area contributed by atoms with Crippen LogP contribution in [0.25, 0.3) is 11.4 Å². The molecule has 19 heavy (non-hydrogen) atoms. The summed E-state index contributed by atoms with van der Waals surface area (Å²) in [4.78, 5) is 14.5. The number of hydrogen-bond acceptors (Lipinski definition) is 6. The smallest absolute Gasteiger partial charge is 0.270 e. The average Bonchev–Trinajstić information content (AvgIpc) is 2.85. The zero-order valence-electron chi connectivity index (χ0n) is 10.1. The zero-order chi connectivity index (χ0) is 13.8. The zero-order valence-corrected chi connectivity index (χ0v) is 11.7. The second-order valence-corrected chi connectivity index (χ2v) is 4.57. The molecule has 0 saturated carbocycles. The Morgan fingerprint density at radius 2 is 2.32 bits per heavy atom. The number of non-ortho nitro benzene ring substituents is 1. The SMILES string of the molecule is CCNCc1nc(-c2cc([N+](=O)[O-])ccc2Br)no1. The minimum absolute atomic E-state index is 0.0174. The maximum absolute atomic E-state index is 10.8. The molecule has 0 atom stereocenters. The largest absolute Gasteiger partial charge is 0.338 e. The van der Waals surface area contributed by atoms with Gasteiger partial charge in [-0.25, -0.2) is 0 Å². The Hall–Kier alpha value is -1.80. The number of nitrogens with one attached hydrogen (secondary N) is 1. The first kappa shape index (κ1) is 13.6. The molecule has 8 heteroatoms. The number of rotatable bonds is 5. The number of hydrogen-bond donors (Lipinski definition) is 1. The lowest BCUT2D eigenvalue weighted by molar-refractivity contribution is -0.384. The van der Waals surface area contributed by atoms with Crippen LogP contribution in [0.4, 0.5) is 5.69 Å². The summed E-state index contributed by atoms with van der Waals surface area (Å²) in [6, 6.07) is 4.41. The molecule has 0 radical (unpaired) electrons. The Kier molecular flexibility index (Phi) is 4.23. The Morgan fingerprint density at radius 3 is 3.00 bits per heavy atom. The molecule has 7 nitrogen and oxygen atoms in total. The van der Waals surface area contributed by atoms with Gasteiger partial charge in [0.25, 0.3) is 5.69 Å². The quantitative estimate of drug-likeness (QED) is 0.670. The van der Waals surface area contributed by atoms with Gasteiger partial charge in [0.05, 0.1) is 11.5 Å². The number of benzene rings is 1. The van der Waals surface area contributed by atoms with Crippen molar-refractivity contribution in [2.24, 2.45) is 0 Å². The van der Waals surface area contributed by atoms with E-state index in [1.807, 2.05) is 6.92 Å². The highest BCUT2D eigenvalue weighted by atomic mass is 79.9. The molecule has 0 bridgehead atoms. The predicted molar refractivity (Wildman–Crippen MR) is 71.5 cm³/mol. The van der Waals surface area contributed by atoms with Crippen molar-refractivity contribution < 1.29 is 9.45 Å². The topological polar surface area (TPSA) is 94.1 Å². The molecular weight excluding hydrogens is 316 g/mol. The van der Waals surface area contributed by atoms with Crippen molar-refractivity contribution in [2.75, 3.05) is 6.54 Å². The van der Waals surface area contributed by atoms with E-state index >= 15 is 0 Å². The first-order valence-corrected chi connectivity index (χ1v) is 6.38. The van der Waals surface area contributed by atoms with Crippen LogP contribution in [0.3, 0.4) is 0 Å². The third kappa shape index (κ3) is 3.15. The van der Waals surface area contributed by atoms with Crippen molar-refractivity contribution >= 4 is 21.6 Å². The first-order valence-electron chi connectivity index (χ1n) is 5.59. The molecule has 2 aromatic rings. The Bertz CT molecular complexity index is 599. The predicted octanol–water partition coefficient (Wildman–Crippen LogP) is 2.52. The molecule has 0 spiro atoms. The van der Waals surface area contributed by atoms with E-state index in [0.717, 1.165) is 6.54 Å². The van der Waals surface area contributed by atoms with Gasteiger partial charge in [-0.1, -0.05) is 28.0 Å². The van der Waals surface area contributed by atoms with Gasteiger partial charge in [0.1, 0.15) is 0 Å². The maximum atomic E-state index is 10.8. The molecule has 0 fully saturated rings. The van der Waals surface area contributed by atoms with Crippen LogP contribution < -0.4 is 5.32 Å². The highest BCUT2D eigenvalue weighted by Crippen LogP contribution is 2.29. The van der Waals surface area contributed by atoms with Crippen LogP contribution in [0, 0.1) is 10.1 Å². The van der Waals surface area contributed by atoms with Crippen LogP contribution >= 0.6 is 15.9 Å². The fourth-order valence-corrected chi connectivity index (χ4v) is 1.89. The minimum atomic E-state index is -0.463. The van der Waals surface area contributed by atoms with E-state index in [4.69, 9.17) is 4.52 Å². The summed E-state index contributed by atoms with van der Waals surface area (Å²) in [5.41, 5.74) is 0.511. The molecule has 1 aromatic carbocycles. The van der Waals surface area contributed by atoms with Crippen LogP contribution in [0.2, 0.25) is 0 Å². The van der Waals surface area contributed by atoms with E-state index in [2.05, 4.69) is 31.4 Å². The second kappa shape index (κ2) is 5.89. The van der Waals surface area contributed by atoms with Gasteiger partial charge in [0.15, 0.2) is 0 Å². The molecule has 0 aliphatic heterocycles. The molecule has 1 aromatic heterocycles. The van der Waals surface area contributed by atoms with Crippen LogP contribution in [-0.2, 0) is 6.54 Å². The Balaban J connectivity index is 2.32. The lowest BCUT2D eigenvalue weighted by atomic mass is 10.2. The monoisotopic (exact) mass is 326 g/mol. The second-order valence-electron chi connectivity index (χ2n) is 3.71. The summed E-state index contributed by atoms with van der Waals surface area (Å²) < 4.78 is 5.74. The summed E-state index contributed by atoms with van der Waals surface area (Å²) >= 11 is 3.32. The normalized spacial score (nSPS) is 10.6. The number of nitro benzene ring substituents is 1. The van der Waals surface area contributed by atoms with Crippen molar-refractivity contribution in [3.05, 3.63) is 38.7 Å². The fourth-order valence-electron chi connectivity index (χ4n) is 1.47. The van der Waals surface area contributed by atoms with E-state index in [0.29, 0.717) is 28.3 Å². The molecule has 1 heterocycles. The fraction of sp³-hybridized carbons (Fsp3) is 0.273. The molecule has 0 aliphatic carbocycles. The standard InChI is InChI=1S/C11H11BrN4O3/c1-2-13-6-10-14-11(15-19-10)8-5-7(16(17)18)3-4-9(8)12/h3-5,13H,2,6H2,1H3. The van der Waals surface area contributed by atoms with E-state index in [1.165, 1.54) is 12.1 Å². The average molecular weight is 327 g/mol. The third-order valence-corrected chi connectivity index (χ3v) is 3.09. The van der Waals surface area contributed by atoms with Gasteiger partial charge in [0.2, 0.25) is 11.7 Å². The molecule has 0 saturated heterocycles. The van der Waals surface area contributed by atoms with E-state index in [9.17, 15) is 10.1 Å². The lowest BCUT2D eigenvalue weighted by Crippen LogP contribution is -2.11. The summed E-state index contributed by atoms with van der Waals surface area (Å²) in [6.45, 7) is 3.22. The molecule has 2 rings (SSSR count). The highest BCUT2D eigenvalue weighted by molar-refractivity contribution is 9.10. The molecular formula is C11H11BrN4O3. The summed E-state index contributed by atoms with van der Waals surface area (Å²) in [5.74, 6) is 0.763. The van der Waals surface area contributed by atoms with Gasteiger partial charge in [-0.05, 0) is 12.6 Å². The maximum Gasteiger partial charge on any atom is 0.270 e. The Labute approximate surface area is 117 Å². The highest BCUT2D eigenvalue weighted by Gasteiger charge is 2.15. The summed E-state index contributed by atoms with van der Waals surface area (Å²) in [7, 11) is 0. The first-order chi connectivity index (χ1) is 9.11. The minimum Gasteiger partial charge on any atom is -0.338 e. The van der Waals surface area contributed by atoms with Gasteiger partial charge in [0, 0.05) is 22.2 Å². The third-order valence-electron chi connectivity index (χ3n) is 2.40. The van der Waals surface area contributed by atoms with Crippen molar-refractivity contribution in [1.29, 1.82) is 0 Å². The van der Waals surface area contributed by atoms with Crippen LogP contribution in [0.1, 0.15) is 12.8 Å². The van der Waals surface area contributed by atoms with Gasteiger partial charge in [-0.3, -0.25) is 10.1 Å².